The molecule has 0 N–H and O–H groups in total. The van der Waals surface area contributed by atoms with E-state index in [1.54, 1.807) is 6.20 Å². The Morgan fingerprint density at radius 2 is 1.71 bits per heavy atom. The van der Waals surface area contributed by atoms with Gasteiger partial charge in [0.2, 0.25) is 5.91 Å². The Balaban J connectivity index is 1.71. The molecule has 1 aliphatic heterocycles. The third-order valence-electron chi connectivity index (χ3n) is 5.69. The third kappa shape index (κ3) is 3.11. The second kappa shape index (κ2) is 7.24. The summed E-state index contributed by atoms with van der Waals surface area (Å²) in [4.78, 5) is 30.1. The van der Waals surface area contributed by atoms with Crippen LogP contribution in [0.3, 0.4) is 0 Å². The number of piperazine rings is 1. The minimum atomic E-state index is -0.157. The van der Waals surface area contributed by atoms with Crippen molar-refractivity contribution in [2.45, 2.75) is 20.4 Å². The molecule has 0 unspecified atom stereocenters. The molecule has 7 nitrogen and oxygen atoms in total. The number of nitrogens with zero attached hydrogens (tertiary/aromatic N) is 5. The van der Waals surface area contributed by atoms with E-state index in [-0.39, 0.29) is 18.0 Å². The summed E-state index contributed by atoms with van der Waals surface area (Å²) in [6, 6.07) is 9.38. The van der Waals surface area contributed by atoms with Gasteiger partial charge in [-0.3, -0.25) is 9.59 Å². The topological polar surface area (TPSA) is 63.4 Å². The van der Waals surface area contributed by atoms with Crippen molar-refractivity contribution in [2.24, 2.45) is 0 Å². The second-order valence-corrected chi connectivity index (χ2v) is 7.43. The molecule has 0 radical (unpaired) electrons. The maximum atomic E-state index is 13.1. The fourth-order valence-electron chi connectivity index (χ4n) is 3.89. The van der Waals surface area contributed by atoms with Crippen LogP contribution in [0.1, 0.15) is 11.4 Å². The van der Waals surface area contributed by atoms with Crippen LogP contribution in [0.15, 0.2) is 41.3 Å². The summed E-state index contributed by atoms with van der Waals surface area (Å²) >= 11 is 0. The van der Waals surface area contributed by atoms with Crippen molar-refractivity contribution in [1.82, 2.24) is 24.1 Å². The lowest BCUT2D eigenvalue weighted by Gasteiger charge is -2.32. The number of hydrogen-bond acceptors (Lipinski definition) is 4. The summed E-state index contributed by atoms with van der Waals surface area (Å²) < 4.78 is 3.37. The third-order valence-corrected chi connectivity index (χ3v) is 5.69. The van der Waals surface area contributed by atoms with Crippen LogP contribution in [0, 0.1) is 13.8 Å². The molecule has 0 bridgehead atoms. The molecule has 28 heavy (non-hydrogen) atoms. The van der Waals surface area contributed by atoms with Crippen molar-refractivity contribution in [2.75, 3.05) is 33.2 Å². The van der Waals surface area contributed by atoms with Crippen molar-refractivity contribution in [3.63, 3.8) is 0 Å². The van der Waals surface area contributed by atoms with Gasteiger partial charge in [0.05, 0.1) is 17.3 Å². The molecule has 7 heteroatoms. The number of fused-ring (bicyclic) bond motifs is 1. The van der Waals surface area contributed by atoms with E-state index >= 15 is 0 Å². The molecule has 4 rings (SSSR count). The molecule has 3 heterocycles. The van der Waals surface area contributed by atoms with Crippen molar-refractivity contribution in [1.29, 1.82) is 0 Å². The van der Waals surface area contributed by atoms with Gasteiger partial charge in [-0.15, -0.1) is 0 Å². The van der Waals surface area contributed by atoms with Gasteiger partial charge in [0.25, 0.3) is 5.56 Å². The number of likely N-dealkylation sites (N-methyl/N-ethyl adjacent to an activating group) is 1. The molecule has 0 spiro atoms. The van der Waals surface area contributed by atoms with Crippen molar-refractivity contribution >= 4 is 16.7 Å². The summed E-state index contributed by atoms with van der Waals surface area (Å²) in [7, 11) is 2.07. The first-order valence-electron chi connectivity index (χ1n) is 9.57. The molecular formula is C21H25N5O2. The molecule has 1 aromatic carbocycles. The Kier molecular flexibility index (Phi) is 4.77. The van der Waals surface area contributed by atoms with E-state index in [9.17, 15) is 9.59 Å². The minimum absolute atomic E-state index is 0.0935. The monoisotopic (exact) mass is 379 g/mol. The number of rotatable bonds is 3. The van der Waals surface area contributed by atoms with Gasteiger partial charge in [-0.1, -0.05) is 18.2 Å². The van der Waals surface area contributed by atoms with Gasteiger partial charge in [-0.25, -0.2) is 0 Å². The molecule has 0 atom stereocenters. The van der Waals surface area contributed by atoms with Gasteiger partial charge in [0.1, 0.15) is 6.54 Å². The first kappa shape index (κ1) is 18.4. The van der Waals surface area contributed by atoms with E-state index in [0.717, 1.165) is 48.6 Å². The van der Waals surface area contributed by atoms with E-state index in [0.29, 0.717) is 5.39 Å². The fourth-order valence-corrected chi connectivity index (χ4v) is 3.89. The number of carbonyl (C=O) groups is 1. The predicted octanol–water partition coefficient (Wildman–Crippen LogP) is 1.58. The summed E-state index contributed by atoms with van der Waals surface area (Å²) in [6.07, 6.45) is 1.73. The van der Waals surface area contributed by atoms with E-state index < -0.39 is 0 Å². The maximum Gasteiger partial charge on any atom is 0.281 e. The quantitative estimate of drug-likeness (QED) is 0.693. The van der Waals surface area contributed by atoms with E-state index in [1.165, 1.54) is 4.68 Å². The van der Waals surface area contributed by atoms with E-state index in [1.807, 2.05) is 53.6 Å². The summed E-state index contributed by atoms with van der Waals surface area (Å²) in [5, 5.41) is 5.79. The van der Waals surface area contributed by atoms with Crippen LogP contribution in [-0.2, 0) is 11.3 Å². The van der Waals surface area contributed by atoms with Crippen LogP contribution >= 0.6 is 0 Å². The average molecular weight is 379 g/mol. The van der Waals surface area contributed by atoms with Crippen LogP contribution in [0.2, 0.25) is 0 Å². The summed E-state index contributed by atoms with van der Waals surface area (Å²) in [5.74, 6) is 0.0935. The van der Waals surface area contributed by atoms with Crippen LogP contribution in [0.4, 0.5) is 0 Å². The maximum absolute atomic E-state index is 13.1. The largest absolute Gasteiger partial charge is 0.339 e. The molecule has 0 saturated carbocycles. The fraction of sp³-hybridized carbons (Fsp3) is 0.381. The minimum Gasteiger partial charge on any atom is -0.339 e. The highest BCUT2D eigenvalue weighted by Gasteiger charge is 2.22. The van der Waals surface area contributed by atoms with Crippen LogP contribution in [-0.4, -0.2) is 63.3 Å². The smallest absolute Gasteiger partial charge is 0.281 e. The lowest BCUT2D eigenvalue weighted by atomic mass is 10.2. The Hall–Kier alpha value is -2.93. The van der Waals surface area contributed by atoms with E-state index in [4.69, 9.17) is 0 Å². The van der Waals surface area contributed by atoms with Gasteiger partial charge in [-0.05, 0) is 33.0 Å². The van der Waals surface area contributed by atoms with Crippen molar-refractivity contribution in [3.05, 3.63) is 58.3 Å². The second-order valence-electron chi connectivity index (χ2n) is 7.43. The van der Waals surface area contributed by atoms with Gasteiger partial charge < -0.3 is 14.4 Å². The normalized spacial score (nSPS) is 15.3. The van der Waals surface area contributed by atoms with Crippen LogP contribution in [0.5, 0.6) is 0 Å². The number of para-hydroxylation sites is 1. The molecule has 1 fully saturated rings. The number of carbonyl (C=O) groups excluding carboxylic acids is 1. The molecule has 1 saturated heterocycles. The average Bonchev–Trinajstić information content (AvgIpc) is 2.94. The molecule has 3 aromatic rings. The number of benzene rings is 1. The number of aromatic nitrogens is 3. The molecule has 146 valence electrons. The molecule has 0 aliphatic carbocycles. The Morgan fingerprint density at radius 1 is 1.04 bits per heavy atom. The predicted molar refractivity (Wildman–Crippen MR) is 109 cm³/mol. The highest BCUT2D eigenvalue weighted by atomic mass is 16.2. The van der Waals surface area contributed by atoms with Gasteiger partial charge in [0.15, 0.2) is 0 Å². The van der Waals surface area contributed by atoms with Gasteiger partial charge in [0, 0.05) is 43.0 Å². The van der Waals surface area contributed by atoms with Crippen molar-refractivity contribution in [3.8, 4) is 5.69 Å². The Morgan fingerprint density at radius 3 is 2.39 bits per heavy atom. The SMILES string of the molecule is Cc1c2cnn(-c3ccccc3)c(=O)c2c(C)n1CC(=O)N1CCN(C)CC1. The zero-order chi connectivity index (χ0) is 19.8. The van der Waals surface area contributed by atoms with Gasteiger partial charge in [-0.2, -0.15) is 9.78 Å². The Bertz CT molecular complexity index is 1080. The first-order chi connectivity index (χ1) is 13.5. The highest BCUT2D eigenvalue weighted by molar-refractivity contribution is 5.88. The van der Waals surface area contributed by atoms with Gasteiger partial charge >= 0.3 is 0 Å². The first-order valence-corrected chi connectivity index (χ1v) is 9.57. The van der Waals surface area contributed by atoms with Crippen molar-refractivity contribution < 1.29 is 4.79 Å². The number of hydrogen-bond donors (Lipinski definition) is 0. The standard InChI is InChI=1S/C21H25N5O2/c1-15-18-13-22-26(17-7-5-4-6-8-17)21(28)20(18)16(2)25(15)14-19(27)24-11-9-23(3)10-12-24/h4-8,13H,9-12,14H2,1-3H3. The zero-order valence-corrected chi connectivity index (χ0v) is 16.6. The van der Waals surface area contributed by atoms with Crippen LogP contribution in [0.25, 0.3) is 16.5 Å². The molecular weight excluding hydrogens is 354 g/mol. The van der Waals surface area contributed by atoms with Crippen LogP contribution < -0.4 is 5.56 Å². The molecule has 1 aliphatic rings. The highest BCUT2D eigenvalue weighted by Crippen LogP contribution is 2.22. The van der Waals surface area contributed by atoms with E-state index in [2.05, 4.69) is 17.0 Å². The summed E-state index contributed by atoms with van der Waals surface area (Å²) in [6.45, 7) is 7.38. The molecule has 2 aromatic heterocycles. The lowest BCUT2D eigenvalue weighted by molar-refractivity contribution is -0.133. The molecule has 1 amide bonds. The number of amides is 1. The number of aryl methyl sites for hydroxylation is 2. The Labute approximate surface area is 163 Å². The summed E-state index contributed by atoms with van der Waals surface area (Å²) in [5.41, 5.74) is 2.29. The lowest BCUT2D eigenvalue weighted by Crippen LogP contribution is -2.48. The zero-order valence-electron chi connectivity index (χ0n) is 16.6.